The lowest BCUT2D eigenvalue weighted by Crippen LogP contribution is -2.20. The zero-order valence-corrected chi connectivity index (χ0v) is 7.66. The second-order valence-electron chi connectivity index (χ2n) is 3.29. The zero-order chi connectivity index (χ0) is 8.06. The van der Waals surface area contributed by atoms with Gasteiger partial charge in [0.2, 0.25) is 0 Å². The standard InChI is InChI=1S/C8H12N2S/c1-5-7(8(9)3-4-8)10-6(2)11-5/h3-4,9H2,1-2H3. The third-order valence-corrected chi connectivity index (χ3v) is 3.05. The molecule has 11 heavy (non-hydrogen) atoms. The molecule has 1 saturated carbocycles. The number of aromatic nitrogens is 1. The van der Waals surface area contributed by atoms with E-state index in [-0.39, 0.29) is 5.54 Å². The fourth-order valence-electron chi connectivity index (χ4n) is 1.36. The van der Waals surface area contributed by atoms with Gasteiger partial charge in [0.1, 0.15) is 0 Å². The Kier molecular flexibility index (Phi) is 1.35. The fourth-order valence-corrected chi connectivity index (χ4v) is 2.29. The highest BCUT2D eigenvalue weighted by Gasteiger charge is 2.43. The third-order valence-electron chi connectivity index (χ3n) is 2.16. The van der Waals surface area contributed by atoms with Gasteiger partial charge < -0.3 is 5.73 Å². The lowest BCUT2D eigenvalue weighted by molar-refractivity contribution is 0.706. The molecule has 1 aliphatic carbocycles. The minimum Gasteiger partial charge on any atom is -0.320 e. The van der Waals surface area contributed by atoms with E-state index in [0.29, 0.717) is 0 Å². The topological polar surface area (TPSA) is 38.9 Å². The average molecular weight is 168 g/mol. The molecule has 1 heterocycles. The number of thiazole rings is 1. The van der Waals surface area contributed by atoms with E-state index in [1.54, 1.807) is 11.3 Å². The highest BCUT2D eigenvalue weighted by molar-refractivity contribution is 7.11. The van der Waals surface area contributed by atoms with Crippen LogP contribution in [0.15, 0.2) is 0 Å². The van der Waals surface area contributed by atoms with Crippen LogP contribution in [0.3, 0.4) is 0 Å². The molecule has 3 heteroatoms. The van der Waals surface area contributed by atoms with Gasteiger partial charge in [-0.3, -0.25) is 0 Å². The Morgan fingerprint density at radius 2 is 2.09 bits per heavy atom. The van der Waals surface area contributed by atoms with Gasteiger partial charge in [-0.05, 0) is 26.7 Å². The summed E-state index contributed by atoms with van der Waals surface area (Å²) in [6.45, 7) is 4.14. The van der Waals surface area contributed by atoms with E-state index in [0.717, 1.165) is 23.5 Å². The van der Waals surface area contributed by atoms with Crippen molar-refractivity contribution < 1.29 is 0 Å². The maximum absolute atomic E-state index is 6.03. The number of hydrogen-bond donors (Lipinski definition) is 1. The summed E-state index contributed by atoms with van der Waals surface area (Å²) >= 11 is 1.74. The normalized spacial score (nSPS) is 20.3. The molecular weight excluding hydrogens is 156 g/mol. The highest BCUT2D eigenvalue weighted by atomic mass is 32.1. The van der Waals surface area contributed by atoms with Gasteiger partial charge in [-0.25, -0.2) is 4.98 Å². The molecule has 1 aromatic rings. The Bertz CT molecular complexity index is 286. The van der Waals surface area contributed by atoms with Crippen LogP contribution in [0, 0.1) is 13.8 Å². The van der Waals surface area contributed by atoms with Crippen molar-refractivity contribution in [3.05, 3.63) is 15.6 Å². The molecule has 2 N–H and O–H groups in total. The first-order chi connectivity index (χ1) is 5.12. The van der Waals surface area contributed by atoms with Crippen molar-refractivity contribution >= 4 is 11.3 Å². The van der Waals surface area contributed by atoms with Crippen molar-refractivity contribution in [3.63, 3.8) is 0 Å². The minimum atomic E-state index is -0.0468. The van der Waals surface area contributed by atoms with Crippen molar-refractivity contribution in [2.24, 2.45) is 5.73 Å². The lowest BCUT2D eigenvalue weighted by Gasteiger charge is -2.04. The van der Waals surface area contributed by atoms with Gasteiger partial charge in [0.15, 0.2) is 0 Å². The van der Waals surface area contributed by atoms with E-state index in [1.165, 1.54) is 4.88 Å². The van der Waals surface area contributed by atoms with Gasteiger partial charge in [-0.15, -0.1) is 11.3 Å². The number of aryl methyl sites for hydroxylation is 2. The van der Waals surface area contributed by atoms with E-state index in [9.17, 15) is 0 Å². The SMILES string of the molecule is Cc1nc(C2(N)CC2)c(C)s1. The molecule has 0 spiro atoms. The molecule has 0 atom stereocenters. The van der Waals surface area contributed by atoms with E-state index < -0.39 is 0 Å². The molecule has 0 aromatic carbocycles. The minimum absolute atomic E-state index is 0.0468. The van der Waals surface area contributed by atoms with Crippen LogP contribution in [0.2, 0.25) is 0 Å². The van der Waals surface area contributed by atoms with Crippen molar-refractivity contribution in [3.8, 4) is 0 Å². The van der Waals surface area contributed by atoms with E-state index in [2.05, 4.69) is 11.9 Å². The molecule has 0 aliphatic heterocycles. The highest BCUT2D eigenvalue weighted by Crippen LogP contribution is 2.44. The maximum Gasteiger partial charge on any atom is 0.0900 e. The molecule has 0 unspecified atom stereocenters. The van der Waals surface area contributed by atoms with Gasteiger partial charge in [-0.1, -0.05) is 0 Å². The lowest BCUT2D eigenvalue weighted by atomic mass is 10.2. The average Bonchev–Trinajstić information content (AvgIpc) is 2.55. The van der Waals surface area contributed by atoms with Gasteiger partial charge in [-0.2, -0.15) is 0 Å². The van der Waals surface area contributed by atoms with Crippen LogP contribution >= 0.6 is 11.3 Å². The summed E-state index contributed by atoms with van der Waals surface area (Å²) < 4.78 is 0. The van der Waals surface area contributed by atoms with Gasteiger partial charge in [0.25, 0.3) is 0 Å². The Hall–Kier alpha value is -0.410. The molecule has 0 bridgehead atoms. The quantitative estimate of drug-likeness (QED) is 0.693. The summed E-state index contributed by atoms with van der Waals surface area (Å²) in [5, 5.41) is 1.13. The van der Waals surface area contributed by atoms with E-state index in [1.807, 2.05) is 6.92 Å². The molecule has 1 aromatic heterocycles. The maximum atomic E-state index is 6.03. The predicted octanol–water partition coefficient (Wildman–Crippen LogP) is 1.71. The Balaban J connectivity index is 2.44. The number of hydrogen-bond acceptors (Lipinski definition) is 3. The van der Waals surface area contributed by atoms with Crippen LogP contribution in [0.4, 0.5) is 0 Å². The van der Waals surface area contributed by atoms with Crippen LogP contribution in [-0.2, 0) is 5.54 Å². The van der Waals surface area contributed by atoms with Crippen molar-refractivity contribution in [2.45, 2.75) is 32.2 Å². The summed E-state index contributed by atoms with van der Waals surface area (Å²) in [6.07, 6.45) is 2.22. The molecule has 2 nitrogen and oxygen atoms in total. The smallest absolute Gasteiger partial charge is 0.0900 e. The number of nitrogens with zero attached hydrogens (tertiary/aromatic N) is 1. The Morgan fingerprint density at radius 3 is 2.45 bits per heavy atom. The van der Waals surface area contributed by atoms with Crippen molar-refractivity contribution in [1.29, 1.82) is 0 Å². The molecular formula is C8H12N2S. The van der Waals surface area contributed by atoms with Crippen LogP contribution < -0.4 is 5.73 Å². The molecule has 0 amide bonds. The van der Waals surface area contributed by atoms with Gasteiger partial charge in [0.05, 0.1) is 16.2 Å². The Labute approximate surface area is 70.5 Å². The molecule has 0 saturated heterocycles. The third kappa shape index (κ3) is 1.08. The largest absolute Gasteiger partial charge is 0.320 e. The number of nitrogens with two attached hydrogens (primary N) is 1. The van der Waals surface area contributed by atoms with E-state index >= 15 is 0 Å². The Morgan fingerprint density at radius 1 is 1.45 bits per heavy atom. The monoisotopic (exact) mass is 168 g/mol. The van der Waals surface area contributed by atoms with Crippen LogP contribution in [0.25, 0.3) is 0 Å². The molecule has 0 radical (unpaired) electrons. The summed E-state index contributed by atoms with van der Waals surface area (Å²) in [5.41, 5.74) is 7.12. The second kappa shape index (κ2) is 2.05. The first-order valence-corrected chi connectivity index (χ1v) is 4.67. The predicted molar refractivity (Wildman–Crippen MR) is 46.7 cm³/mol. The summed E-state index contributed by atoms with van der Waals surface area (Å²) in [4.78, 5) is 5.73. The second-order valence-corrected chi connectivity index (χ2v) is 4.70. The van der Waals surface area contributed by atoms with E-state index in [4.69, 9.17) is 5.73 Å². The van der Waals surface area contributed by atoms with Crippen molar-refractivity contribution in [1.82, 2.24) is 4.98 Å². The summed E-state index contributed by atoms with van der Waals surface area (Å²) in [5.74, 6) is 0. The van der Waals surface area contributed by atoms with Gasteiger partial charge in [0, 0.05) is 4.88 Å². The zero-order valence-electron chi connectivity index (χ0n) is 6.85. The van der Waals surface area contributed by atoms with Crippen LogP contribution in [0.1, 0.15) is 28.4 Å². The van der Waals surface area contributed by atoms with Crippen LogP contribution in [0.5, 0.6) is 0 Å². The fraction of sp³-hybridized carbons (Fsp3) is 0.625. The molecule has 2 rings (SSSR count). The summed E-state index contributed by atoms with van der Waals surface area (Å²) in [6, 6.07) is 0. The first-order valence-electron chi connectivity index (χ1n) is 3.85. The molecule has 1 aliphatic rings. The molecule has 60 valence electrons. The molecule has 1 fully saturated rings. The van der Waals surface area contributed by atoms with Crippen LogP contribution in [-0.4, -0.2) is 4.98 Å². The van der Waals surface area contributed by atoms with Crippen molar-refractivity contribution in [2.75, 3.05) is 0 Å². The van der Waals surface area contributed by atoms with Gasteiger partial charge >= 0.3 is 0 Å². The summed E-state index contributed by atoms with van der Waals surface area (Å²) in [7, 11) is 0. The number of rotatable bonds is 1. The first kappa shape index (κ1) is 7.25.